The number of hydrogen-bond acceptors (Lipinski definition) is 1. The minimum Gasteiger partial charge on any atom is -0.314 e. The lowest BCUT2D eigenvalue weighted by Gasteiger charge is -1.93. The molecule has 0 amide bonds. The molecular formula is C9H7NO. The van der Waals surface area contributed by atoms with E-state index in [0.29, 0.717) is 5.69 Å². The molecule has 0 N–H and O–H groups in total. The van der Waals surface area contributed by atoms with Crippen molar-refractivity contribution in [2.24, 2.45) is 0 Å². The van der Waals surface area contributed by atoms with Crippen LogP contribution in [0.15, 0.2) is 36.5 Å². The maximum absolute atomic E-state index is 10.5. The third-order valence-electron chi connectivity index (χ3n) is 1.72. The number of hydrogen-bond donors (Lipinski definition) is 0. The molecule has 0 unspecified atom stereocenters. The van der Waals surface area contributed by atoms with E-state index in [9.17, 15) is 4.79 Å². The predicted octanol–water partition coefficient (Wildman–Crippen LogP) is 1.75. The molecule has 0 bridgehead atoms. The first-order chi connectivity index (χ1) is 5.42. The Bertz CT molecular complexity index is 389. The molecule has 0 saturated heterocycles. The number of fused-ring (bicyclic) bond motifs is 1. The first-order valence-corrected chi connectivity index (χ1v) is 3.43. The highest BCUT2D eigenvalue weighted by Crippen LogP contribution is 2.06. The lowest BCUT2D eigenvalue weighted by molar-refractivity contribution is 0.111. The lowest BCUT2D eigenvalue weighted by atomic mass is 10.4. The Morgan fingerprint density at radius 2 is 2.09 bits per heavy atom. The molecular weight excluding hydrogens is 138 g/mol. The summed E-state index contributed by atoms with van der Waals surface area (Å²) in [4.78, 5) is 10.5. The molecule has 0 aliphatic rings. The van der Waals surface area contributed by atoms with Gasteiger partial charge in [0.25, 0.3) is 0 Å². The van der Waals surface area contributed by atoms with Gasteiger partial charge in [0.15, 0.2) is 6.29 Å². The Labute approximate surface area is 64.1 Å². The number of aromatic nitrogens is 1. The summed E-state index contributed by atoms with van der Waals surface area (Å²) >= 11 is 0. The molecule has 0 spiro atoms. The average molecular weight is 145 g/mol. The van der Waals surface area contributed by atoms with Crippen LogP contribution in [0.2, 0.25) is 0 Å². The summed E-state index contributed by atoms with van der Waals surface area (Å²) in [5, 5.41) is 0. The van der Waals surface area contributed by atoms with Gasteiger partial charge in [0, 0.05) is 11.7 Å². The molecule has 2 rings (SSSR count). The molecule has 2 heteroatoms. The quantitative estimate of drug-likeness (QED) is 0.560. The van der Waals surface area contributed by atoms with Crippen molar-refractivity contribution in [3.05, 3.63) is 42.2 Å². The van der Waals surface area contributed by atoms with Crippen LogP contribution in [0, 0.1) is 0 Å². The summed E-state index contributed by atoms with van der Waals surface area (Å²) in [5.41, 5.74) is 1.75. The standard InChI is InChI=1S/C9H7NO/c11-7-9-5-4-8-3-1-2-6-10(8)9/h1-7H. The number of nitrogens with zero attached hydrogens (tertiary/aromatic N) is 1. The molecule has 2 aromatic heterocycles. The zero-order valence-electron chi connectivity index (χ0n) is 5.90. The fourth-order valence-corrected chi connectivity index (χ4v) is 1.17. The van der Waals surface area contributed by atoms with Gasteiger partial charge in [-0.15, -0.1) is 0 Å². The Balaban J connectivity index is 2.86. The van der Waals surface area contributed by atoms with Gasteiger partial charge in [-0.05, 0) is 24.3 Å². The number of rotatable bonds is 1. The van der Waals surface area contributed by atoms with Crippen LogP contribution in [0.5, 0.6) is 0 Å². The lowest BCUT2D eigenvalue weighted by Crippen LogP contribution is -1.87. The van der Waals surface area contributed by atoms with Crippen molar-refractivity contribution in [1.29, 1.82) is 0 Å². The van der Waals surface area contributed by atoms with Gasteiger partial charge in [-0.1, -0.05) is 6.07 Å². The van der Waals surface area contributed by atoms with Gasteiger partial charge in [-0.2, -0.15) is 0 Å². The Morgan fingerprint density at radius 3 is 2.91 bits per heavy atom. The van der Waals surface area contributed by atoms with E-state index in [1.54, 1.807) is 0 Å². The van der Waals surface area contributed by atoms with E-state index >= 15 is 0 Å². The minimum absolute atomic E-state index is 0.695. The zero-order valence-corrected chi connectivity index (χ0v) is 5.90. The molecule has 0 aliphatic carbocycles. The highest BCUT2D eigenvalue weighted by Gasteiger charge is 1.96. The van der Waals surface area contributed by atoms with Crippen molar-refractivity contribution in [3.63, 3.8) is 0 Å². The molecule has 0 atom stereocenters. The van der Waals surface area contributed by atoms with Gasteiger partial charge < -0.3 is 4.40 Å². The fraction of sp³-hybridized carbons (Fsp3) is 0. The summed E-state index contributed by atoms with van der Waals surface area (Å²) in [6.45, 7) is 0. The van der Waals surface area contributed by atoms with Crippen molar-refractivity contribution >= 4 is 11.8 Å². The molecule has 2 heterocycles. The topological polar surface area (TPSA) is 21.5 Å². The van der Waals surface area contributed by atoms with E-state index in [4.69, 9.17) is 0 Å². The Kier molecular flexibility index (Phi) is 1.25. The van der Waals surface area contributed by atoms with Gasteiger partial charge in [-0.25, -0.2) is 0 Å². The summed E-state index contributed by atoms with van der Waals surface area (Å²) in [6, 6.07) is 9.54. The SMILES string of the molecule is O=Cc1ccc2ccccn12. The summed E-state index contributed by atoms with van der Waals surface area (Å²) in [5.74, 6) is 0. The highest BCUT2D eigenvalue weighted by molar-refractivity contribution is 5.75. The smallest absolute Gasteiger partial charge is 0.166 e. The van der Waals surface area contributed by atoms with Crippen LogP contribution < -0.4 is 0 Å². The predicted molar refractivity (Wildman–Crippen MR) is 42.8 cm³/mol. The monoisotopic (exact) mass is 145 g/mol. The van der Waals surface area contributed by atoms with E-state index in [0.717, 1.165) is 11.8 Å². The van der Waals surface area contributed by atoms with Gasteiger partial charge in [-0.3, -0.25) is 4.79 Å². The second-order valence-corrected chi connectivity index (χ2v) is 2.37. The van der Waals surface area contributed by atoms with Crippen LogP contribution in [0.4, 0.5) is 0 Å². The van der Waals surface area contributed by atoms with Crippen LogP contribution >= 0.6 is 0 Å². The van der Waals surface area contributed by atoms with Gasteiger partial charge in [0.1, 0.15) is 0 Å². The maximum atomic E-state index is 10.5. The maximum Gasteiger partial charge on any atom is 0.166 e. The molecule has 0 radical (unpaired) electrons. The molecule has 2 aromatic rings. The van der Waals surface area contributed by atoms with Crippen LogP contribution in [-0.2, 0) is 0 Å². The second kappa shape index (κ2) is 2.23. The Morgan fingerprint density at radius 1 is 1.18 bits per heavy atom. The van der Waals surface area contributed by atoms with Crippen LogP contribution in [0.1, 0.15) is 10.5 Å². The highest BCUT2D eigenvalue weighted by atomic mass is 16.1. The largest absolute Gasteiger partial charge is 0.314 e. The average Bonchev–Trinajstić information content (AvgIpc) is 2.47. The molecule has 2 nitrogen and oxygen atoms in total. The molecule has 0 fully saturated rings. The Hall–Kier alpha value is -1.57. The molecule has 11 heavy (non-hydrogen) atoms. The molecule has 0 saturated carbocycles. The third-order valence-corrected chi connectivity index (χ3v) is 1.72. The van der Waals surface area contributed by atoms with Crippen LogP contribution in [0.3, 0.4) is 0 Å². The summed E-state index contributed by atoms with van der Waals surface area (Å²) in [7, 11) is 0. The molecule has 54 valence electrons. The second-order valence-electron chi connectivity index (χ2n) is 2.37. The van der Waals surface area contributed by atoms with Crippen molar-refractivity contribution in [3.8, 4) is 0 Å². The first kappa shape index (κ1) is 6.16. The van der Waals surface area contributed by atoms with E-state index in [1.165, 1.54) is 0 Å². The molecule has 0 aromatic carbocycles. The molecule has 0 aliphatic heterocycles. The third kappa shape index (κ3) is 0.835. The van der Waals surface area contributed by atoms with Gasteiger partial charge >= 0.3 is 0 Å². The fourth-order valence-electron chi connectivity index (χ4n) is 1.17. The number of carbonyl (C=O) groups is 1. The van der Waals surface area contributed by atoms with Crippen LogP contribution in [0.25, 0.3) is 5.52 Å². The summed E-state index contributed by atoms with van der Waals surface area (Å²) in [6.07, 6.45) is 2.73. The minimum atomic E-state index is 0.695. The van der Waals surface area contributed by atoms with E-state index in [1.807, 2.05) is 40.9 Å². The van der Waals surface area contributed by atoms with Gasteiger partial charge in [0.05, 0.1) is 5.69 Å². The number of aldehydes is 1. The normalized spacial score (nSPS) is 10.2. The van der Waals surface area contributed by atoms with Crippen molar-refractivity contribution in [1.82, 2.24) is 4.40 Å². The zero-order chi connectivity index (χ0) is 7.68. The van der Waals surface area contributed by atoms with Crippen LogP contribution in [-0.4, -0.2) is 10.7 Å². The van der Waals surface area contributed by atoms with E-state index < -0.39 is 0 Å². The van der Waals surface area contributed by atoms with Gasteiger partial charge in [0.2, 0.25) is 0 Å². The van der Waals surface area contributed by atoms with Crippen molar-refractivity contribution in [2.45, 2.75) is 0 Å². The van der Waals surface area contributed by atoms with E-state index in [2.05, 4.69) is 0 Å². The van der Waals surface area contributed by atoms with E-state index in [-0.39, 0.29) is 0 Å². The number of pyridine rings is 1. The number of carbonyl (C=O) groups excluding carboxylic acids is 1. The van der Waals surface area contributed by atoms with Crippen molar-refractivity contribution < 1.29 is 4.79 Å². The van der Waals surface area contributed by atoms with Crippen molar-refractivity contribution in [2.75, 3.05) is 0 Å². The first-order valence-electron chi connectivity index (χ1n) is 3.43. The summed E-state index contributed by atoms with van der Waals surface area (Å²) < 4.78 is 1.85.